The number of anilines is 2. The van der Waals surface area contributed by atoms with E-state index in [1.165, 1.54) is 5.56 Å². The zero-order valence-corrected chi connectivity index (χ0v) is 14.1. The van der Waals surface area contributed by atoms with Crippen molar-refractivity contribution in [3.63, 3.8) is 0 Å². The minimum atomic E-state index is 0.147. The molecule has 0 spiro atoms. The van der Waals surface area contributed by atoms with Gasteiger partial charge in [0.1, 0.15) is 6.33 Å². The Labute approximate surface area is 145 Å². The van der Waals surface area contributed by atoms with Crippen LogP contribution in [0, 0.1) is 6.92 Å². The van der Waals surface area contributed by atoms with Gasteiger partial charge >= 0.3 is 0 Å². The highest BCUT2D eigenvalue weighted by atomic mass is 16.5. The lowest BCUT2D eigenvalue weighted by molar-refractivity contribution is 0.0342. The summed E-state index contributed by atoms with van der Waals surface area (Å²) in [6.07, 6.45) is 1.71. The van der Waals surface area contributed by atoms with E-state index in [0.717, 1.165) is 44.1 Å². The fraction of sp³-hybridized carbons (Fsp3) is 0.353. The third kappa shape index (κ3) is 3.01. The van der Waals surface area contributed by atoms with Crippen LogP contribution < -0.4 is 11.5 Å². The standard InChI is InChI=1S/C17H21N7O/c1-11-8-12(9-23-4-6-25-7-5-23)2-3-13(11)24-10-20-14-15(18)21-17(19)22-16(14)24/h2-3,8,10H,4-7,9H2,1H3,(H4,18,19,21,22). The summed E-state index contributed by atoms with van der Waals surface area (Å²) in [5.41, 5.74) is 16.2. The highest BCUT2D eigenvalue weighted by Gasteiger charge is 2.14. The van der Waals surface area contributed by atoms with Gasteiger partial charge in [-0.3, -0.25) is 9.47 Å². The number of aryl methyl sites for hydroxylation is 1. The van der Waals surface area contributed by atoms with E-state index in [9.17, 15) is 0 Å². The monoisotopic (exact) mass is 339 g/mol. The summed E-state index contributed by atoms with van der Waals surface area (Å²) in [6, 6.07) is 6.42. The average Bonchev–Trinajstić information content (AvgIpc) is 3.00. The number of nitrogens with zero attached hydrogens (tertiary/aromatic N) is 5. The zero-order valence-electron chi connectivity index (χ0n) is 14.1. The van der Waals surface area contributed by atoms with Crippen LogP contribution in [0.5, 0.6) is 0 Å². The van der Waals surface area contributed by atoms with E-state index in [1.807, 2.05) is 4.57 Å². The molecule has 1 fully saturated rings. The maximum atomic E-state index is 5.89. The molecule has 1 aromatic carbocycles. The smallest absolute Gasteiger partial charge is 0.224 e. The number of nitrogen functional groups attached to an aromatic ring is 2. The molecular weight excluding hydrogens is 318 g/mol. The van der Waals surface area contributed by atoms with Crippen LogP contribution in [0.4, 0.5) is 11.8 Å². The van der Waals surface area contributed by atoms with Crippen LogP contribution in [0.2, 0.25) is 0 Å². The van der Waals surface area contributed by atoms with Crippen LogP contribution in [-0.4, -0.2) is 50.7 Å². The van der Waals surface area contributed by atoms with Crippen LogP contribution in [0.15, 0.2) is 24.5 Å². The van der Waals surface area contributed by atoms with Crippen molar-refractivity contribution in [1.82, 2.24) is 24.4 Å². The number of nitrogens with two attached hydrogens (primary N) is 2. The van der Waals surface area contributed by atoms with Crippen molar-refractivity contribution in [1.29, 1.82) is 0 Å². The fourth-order valence-corrected chi connectivity index (χ4v) is 3.22. The Bertz CT molecular complexity index is 915. The van der Waals surface area contributed by atoms with Gasteiger partial charge in [0, 0.05) is 19.6 Å². The first-order chi connectivity index (χ1) is 12.1. The molecule has 1 aliphatic rings. The maximum Gasteiger partial charge on any atom is 0.224 e. The van der Waals surface area contributed by atoms with E-state index in [0.29, 0.717) is 17.0 Å². The number of morpholine rings is 1. The minimum absolute atomic E-state index is 0.147. The number of imidazole rings is 1. The van der Waals surface area contributed by atoms with Gasteiger partial charge in [-0.25, -0.2) is 4.98 Å². The molecule has 0 saturated carbocycles. The molecule has 4 rings (SSSR count). The van der Waals surface area contributed by atoms with Gasteiger partial charge in [-0.2, -0.15) is 9.97 Å². The second-order valence-electron chi connectivity index (χ2n) is 6.26. The number of fused-ring (bicyclic) bond motifs is 1. The topological polar surface area (TPSA) is 108 Å². The molecule has 25 heavy (non-hydrogen) atoms. The highest BCUT2D eigenvalue weighted by Crippen LogP contribution is 2.24. The first-order valence-electron chi connectivity index (χ1n) is 8.28. The Balaban J connectivity index is 1.67. The summed E-state index contributed by atoms with van der Waals surface area (Å²) in [5, 5.41) is 0. The molecule has 2 aromatic heterocycles. The molecule has 0 bridgehead atoms. The molecule has 0 aliphatic carbocycles. The third-order valence-electron chi connectivity index (χ3n) is 4.47. The van der Waals surface area contributed by atoms with Crippen molar-refractivity contribution in [2.45, 2.75) is 13.5 Å². The molecule has 0 radical (unpaired) electrons. The summed E-state index contributed by atoms with van der Waals surface area (Å²) >= 11 is 0. The molecule has 130 valence electrons. The van der Waals surface area contributed by atoms with Crippen LogP contribution in [0.1, 0.15) is 11.1 Å². The Morgan fingerprint density at radius 1 is 1.16 bits per heavy atom. The van der Waals surface area contributed by atoms with E-state index in [2.05, 4.69) is 45.0 Å². The number of rotatable bonds is 3. The van der Waals surface area contributed by atoms with Gasteiger partial charge < -0.3 is 16.2 Å². The average molecular weight is 339 g/mol. The normalized spacial score (nSPS) is 15.7. The number of benzene rings is 1. The molecule has 0 amide bonds. The summed E-state index contributed by atoms with van der Waals surface area (Å²) in [7, 11) is 0. The Morgan fingerprint density at radius 3 is 2.72 bits per heavy atom. The van der Waals surface area contributed by atoms with Crippen LogP contribution in [0.25, 0.3) is 16.9 Å². The van der Waals surface area contributed by atoms with E-state index in [4.69, 9.17) is 16.2 Å². The number of hydrogen-bond donors (Lipinski definition) is 2. The van der Waals surface area contributed by atoms with Gasteiger partial charge in [0.05, 0.1) is 18.9 Å². The van der Waals surface area contributed by atoms with Crippen LogP contribution in [-0.2, 0) is 11.3 Å². The molecule has 1 aliphatic heterocycles. The van der Waals surface area contributed by atoms with E-state index in [-0.39, 0.29) is 5.95 Å². The van der Waals surface area contributed by atoms with E-state index in [1.54, 1.807) is 6.33 Å². The maximum absolute atomic E-state index is 5.89. The summed E-state index contributed by atoms with van der Waals surface area (Å²) < 4.78 is 7.31. The van der Waals surface area contributed by atoms with Crippen molar-refractivity contribution in [3.8, 4) is 5.69 Å². The predicted octanol–water partition coefficient (Wildman–Crippen LogP) is 1.12. The largest absolute Gasteiger partial charge is 0.382 e. The fourth-order valence-electron chi connectivity index (χ4n) is 3.22. The van der Waals surface area contributed by atoms with E-state index < -0.39 is 0 Å². The summed E-state index contributed by atoms with van der Waals surface area (Å²) in [5.74, 6) is 0.441. The molecule has 3 heterocycles. The number of hydrogen-bond acceptors (Lipinski definition) is 7. The molecule has 0 atom stereocenters. The first kappa shape index (κ1) is 15.8. The molecule has 4 N–H and O–H groups in total. The quantitative estimate of drug-likeness (QED) is 0.736. The first-order valence-corrected chi connectivity index (χ1v) is 8.28. The lowest BCUT2D eigenvalue weighted by Gasteiger charge is -2.26. The molecule has 8 heteroatoms. The van der Waals surface area contributed by atoms with Crippen molar-refractivity contribution < 1.29 is 4.74 Å². The summed E-state index contributed by atoms with van der Waals surface area (Å²) in [6.45, 7) is 6.57. The molecule has 0 unspecified atom stereocenters. The lowest BCUT2D eigenvalue weighted by atomic mass is 10.1. The third-order valence-corrected chi connectivity index (χ3v) is 4.47. The van der Waals surface area contributed by atoms with Gasteiger partial charge in [0.2, 0.25) is 5.95 Å². The van der Waals surface area contributed by atoms with E-state index >= 15 is 0 Å². The molecule has 1 saturated heterocycles. The SMILES string of the molecule is Cc1cc(CN2CCOCC2)ccc1-n1cnc2c(N)nc(N)nc21. The van der Waals surface area contributed by atoms with Gasteiger partial charge in [0.15, 0.2) is 17.0 Å². The predicted molar refractivity (Wildman–Crippen MR) is 96.3 cm³/mol. The van der Waals surface area contributed by atoms with Crippen molar-refractivity contribution >= 4 is 22.9 Å². The molecular formula is C17H21N7O. The van der Waals surface area contributed by atoms with Crippen molar-refractivity contribution in [2.24, 2.45) is 0 Å². The minimum Gasteiger partial charge on any atom is -0.382 e. The zero-order chi connectivity index (χ0) is 17.4. The van der Waals surface area contributed by atoms with Crippen molar-refractivity contribution in [2.75, 3.05) is 37.8 Å². The van der Waals surface area contributed by atoms with Gasteiger partial charge in [-0.15, -0.1) is 0 Å². The van der Waals surface area contributed by atoms with Gasteiger partial charge in [-0.05, 0) is 24.1 Å². The van der Waals surface area contributed by atoms with Gasteiger partial charge in [0.25, 0.3) is 0 Å². The van der Waals surface area contributed by atoms with Crippen molar-refractivity contribution in [3.05, 3.63) is 35.7 Å². The second kappa shape index (κ2) is 6.30. The lowest BCUT2D eigenvalue weighted by Crippen LogP contribution is -2.35. The summed E-state index contributed by atoms with van der Waals surface area (Å²) in [4.78, 5) is 15.0. The van der Waals surface area contributed by atoms with Gasteiger partial charge in [-0.1, -0.05) is 12.1 Å². The Hall–Kier alpha value is -2.71. The second-order valence-corrected chi connectivity index (χ2v) is 6.26. The number of ether oxygens (including phenoxy) is 1. The molecule has 8 nitrogen and oxygen atoms in total. The Morgan fingerprint density at radius 2 is 1.96 bits per heavy atom. The number of aromatic nitrogens is 4. The highest BCUT2D eigenvalue weighted by molar-refractivity contribution is 5.84. The van der Waals surface area contributed by atoms with Crippen LogP contribution in [0.3, 0.4) is 0 Å². The van der Waals surface area contributed by atoms with Crippen LogP contribution >= 0.6 is 0 Å². The molecule has 3 aromatic rings. The Kier molecular flexibility index (Phi) is 3.98.